The SMILES string of the molecule is COc1ccc(OC)c(C(N)c2cc(C)ccc2C)c1. The van der Waals surface area contributed by atoms with Crippen LogP contribution in [0.4, 0.5) is 0 Å². The molecule has 0 fully saturated rings. The Morgan fingerprint density at radius 2 is 1.65 bits per heavy atom. The second-order valence-electron chi connectivity index (χ2n) is 4.95. The van der Waals surface area contributed by atoms with Gasteiger partial charge in [0.05, 0.1) is 20.3 Å². The maximum Gasteiger partial charge on any atom is 0.124 e. The predicted octanol–water partition coefficient (Wildman–Crippen LogP) is 3.37. The lowest BCUT2D eigenvalue weighted by Gasteiger charge is -2.19. The van der Waals surface area contributed by atoms with Crippen molar-refractivity contribution in [2.45, 2.75) is 19.9 Å². The molecule has 0 aromatic heterocycles. The molecule has 0 bridgehead atoms. The monoisotopic (exact) mass is 271 g/mol. The first-order valence-corrected chi connectivity index (χ1v) is 6.61. The summed E-state index contributed by atoms with van der Waals surface area (Å²) in [4.78, 5) is 0. The smallest absolute Gasteiger partial charge is 0.124 e. The lowest BCUT2D eigenvalue weighted by atomic mass is 9.93. The molecular formula is C17H21NO2. The van der Waals surface area contributed by atoms with E-state index in [2.05, 4.69) is 32.0 Å². The summed E-state index contributed by atoms with van der Waals surface area (Å²) in [6, 6.07) is 11.8. The van der Waals surface area contributed by atoms with E-state index in [1.165, 1.54) is 11.1 Å². The third kappa shape index (κ3) is 2.78. The number of ether oxygens (including phenoxy) is 2. The number of benzene rings is 2. The minimum absolute atomic E-state index is 0.236. The lowest BCUT2D eigenvalue weighted by Crippen LogP contribution is -2.14. The van der Waals surface area contributed by atoms with E-state index in [1.807, 2.05) is 18.2 Å². The van der Waals surface area contributed by atoms with E-state index in [0.717, 1.165) is 22.6 Å². The molecule has 106 valence electrons. The first-order valence-electron chi connectivity index (χ1n) is 6.61. The van der Waals surface area contributed by atoms with Crippen LogP contribution in [-0.2, 0) is 0 Å². The average Bonchev–Trinajstić information content (AvgIpc) is 2.48. The van der Waals surface area contributed by atoms with Crippen LogP contribution in [0, 0.1) is 13.8 Å². The molecule has 0 spiro atoms. The fourth-order valence-corrected chi connectivity index (χ4v) is 2.34. The van der Waals surface area contributed by atoms with Gasteiger partial charge in [-0.3, -0.25) is 0 Å². The molecule has 2 rings (SSSR count). The Morgan fingerprint density at radius 3 is 2.30 bits per heavy atom. The quantitative estimate of drug-likeness (QED) is 0.927. The largest absolute Gasteiger partial charge is 0.497 e. The van der Waals surface area contributed by atoms with Crippen LogP contribution in [0.2, 0.25) is 0 Å². The van der Waals surface area contributed by atoms with E-state index >= 15 is 0 Å². The van der Waals surface area contributed by atoms with Crippen molar-refractivity contribution in [1.29, 1.82) is 0 Å². The van der Waals surface area contributed by atoms with Gasteiger partial charge >= 0.3 is 0 Å². The fraction of sp³-hybridized carbons (Fsp3) is 0.294. The number of nitrogens with two attached hydrogens (primary N) is 1. The summed E-state index contributed by atoms with van der Waals surface area (Å²) in [6.07, 6.45) is 0. The van der Waals surface area contributed by atoms with Crippen molar-refractivity contribution in [1.82, 2.24) is 0 Å². The second-order valence-corrected chi connectivity index (χ2v) is 4.95. The Hall–Kier alpha value is -2.00. The molecule has 0 aliphatic heterocycles. The molecule has 0 saturated heterocycles. The highest BCUT2D eigenvalue weighted by molar-refractivity contribution is 5.47. The van der Waals surface area contributed by atoms with Gasteiger partial charge in [0, 0.05) is 5.56 Å². The van der Waals surface area contributed by atoms with E-state index in [9.17, 15) is 0 Å². The standard InChI is InChI=1S/C17H21NO2/c1-11-5-6-12(2)14(9-11)17(18)15-10-13(19-3)7-8-16(15)20-4/h5-10,17H,18H2,1-4H3. The molecule has 0 aliphatic carbocycles. The Labute approximate surface area is 120 Å². The van der Waals surface area contributed by atoms with Crippen LogP contribution in [-0.4, -0.2) is 14.2 Å². The minimum Gasteiger partial charge on any atom is -0.497 e. The summed E-state index contributed by atoms with van der Waals surface area (Å²) in [6.45, 7) is 4.14. The first-order chi connectivity index (χ1) is 9.56. The molecular weight excluding hydrogens is 250 g/mol. The third-order valence-corrected chi connectivity index (χ3v) is 3.54. The van der Waals surface area contributed by atoms with Crippen LogP contribution in [0.5, 0.6) is 11.5 Å². The zero-order chi connectivity index (χ0) is 14.7. The third-order valence-electron chi connectivity index (χ3n) is 3.54. The van der Waals surface area contributed by atoms with Crippen molar-refractivity contribution < 1.29 is 9.47 Å². The van der Waals surface area contributed by atoms with Gasteiger partial charge in [-0.25, -0.2) is 0 Å². The Balaban J connectivity index is 2.51. The van der Waals surface area contributed by atoms with Crippen molar-refractivity contribution in [2.24, 2.45) is 5.73 Å². The minimum atomic E-state index is -0.236. The molecule has 0 amide bonds. The van der Waals surface area contributed by atoms with Crippen LogP contribution >= 0.6 is 0 Å². The highest BCUT2D eigenvalue weighted by Gasteiger charge is 2.17. The molecule has 20 heavy (non-hydrogen) atoms. The predicted molar refractivity (Wildman–Crippen MR) is 81.5 cm³/mol. The molecule has 2 aromatic carbocycles. The van der Waals surface area contributed by atoms with Gasteiger partial charge < -0.3 is 15.2 Å². The number of aryl methyl sites for hydroxylation is 2. The Morgan fingerprint density at radius 1 is 0.900 bits per heavy atom. The zero-order valence-electron chi connectivity index (χ0n) is 12.4. The molecule has 1 atom stereocenters. The van der Waals surface area contributed by atoms with Crippen LogP contribution in [0.3, 0.4) is 0 Å². The molecule has 3 heteroatoms. The van der Waals surface area contributed by atoms with Crippen LogP contribution < -0.4 is 15.2 Å². The summed E-state index contributed by atoms with van der Waals surface area (Å²) in [5, 5.41) is 0. The summed E-state index contributed by atoms with van der Waals surface area (Å²) >= 11 is 0. The number of hydrogen-bond donors (Lipinski definition) is 1. The average molecular weight is 271 g/mol. The molecule has 0 saturated carbocycles. The summed E-state index contributed by atoms with van der Waals surface area (Å²) in [5.41, 5.74) is 10.9. The topological polar surface area (TPSA) is 44.5 Å². The maximum absolute atomic E-state index is 6.45. The maximum atomic E-state index is 6.45. The van der Waals surface area contributed by atoms with Crippen molar-refractivity contribution in [3.05, 3.63) is 58.7 Å². The highest BCUT2D eigenvalue weighted by atomic mass is 16.5. The van der Waals surface area contributed by atoms with Gasteiger partial charge in [0.25, 0.3) is 0 Å². The van der Waals surface area contributed by atoms with Gasteiger partial charge in [-0.05, 0) is 43.2 Å². The fourth-order valence-electron chi connectivity index (χ4n) is 2.34. The number of methoxy groups -OCH3 is 2. The van der Waals surface area contributed by atoms with E-state index in [4.69, 9.17) is 15.2 Å². The first kappa shape index (κ1) is 14.4. The van der Waals surface area contributed by atoms with Gasteiger partial charge in [0.1, 0.15) is 11.5 Å². The summed E-state index contributed by atoms with van der Waals surface area (Å²) in [5.74, 6) is 1.56. The molecule has 3 nitrogen and oxygen atoms in total. The van der Waals surface area contributed by atoms with E-state index in [0.29, 0.717) is 0 Å². The van der Waals surface area contributed by atoms with Crippen LogP contribution in [0.25, 0.3) is 0 Å². The normalized spacial score (nSPS) is 12.1. The molecule has 2 aromatic rings. The van der Waals surface area contributed by atoms with Crippen LogP contribution in [0.15, 0.2) is 36.4 Å². The van der Waals surface area contributed by atoms with Crippen molar-refractivity contribution in [3.8, 4) is 11.5 Å². The molecule has 0 heterocycles. The summed E-state index contributed by atoms with van der Waals surface area (Å²) in [7, 11) is 3.30. The lowest BCUT2D eigenvalue weighted by molar-refractivity contribution is 0.397. The Kier molecular flexibility index (Phi) is 4.30. The van der Waals surface area contributed by atoms with Crippen LogP contribution in [0.1, 0.15) is 28.3 Å². The van der Waals surface area contributed by atoms with Crippen molar-refractivity contribution in [2.75, 3.05) is 14.2 Å². The van der Waals surface area contributed by atoms with Gasteiger partial charge in [-0.2, -0.15) is 0 Å². The zero-order valence-corrected chi connectivity index (χ0v) is 12.4. The number of rotatable bonds is 4. The Bertz CT molecular complexity index is 608. The molecule has 2 N–H and O–H groups in total. The molecule has 1 unspecified atom stereocenters. The molecule has 0 radical (unpaired) electrons. The highest BCUT2D eigenvalue weighted by Crippen LogP contribution is 2.33. The van der Waals surface area contributed by atoms with Gasteiger partial charge in [0.2, 0.25) is 0 Å². The van der Waals surface area contributed by atoms with Crippen molar-refractivity contribution in [3.63, 3.8) is 0 Å². The molecule has 0 aliphatic rings. The van der Waals surface area contributed by atoms with E-state index in [-0.39, 0.29) is 6.04 Å². The van der Waals surface area contributed by atoms with E-state index in [1.54, 1.807) is 14.2 Å². The summed E-state index contributed by atoms with van der Waals surface area (Å²) < 4.78 is 10.7. The van der Waals surface area contributed by atoms with Crippen molar-refractivity contribution >= 4 is 0 Å². The number of hydrogen-bond acceptors (Lipinski definition) is 3. The van der Waals surface area contributed by atoms with Gasteiger partial charge in [-0.15, -0.1) is 0 Å². The second kappa shape index (κ2) is 5.97. The van der Waals surface area contributed by atoms with E-state index < -0.39 is 0 Å². The van der Waals surface area contributed by atoms with Gasteiger partial charge in [-0.1, -0.05) is 23.8 Å². The van der Waals surface area contributed by atoms with Gasteiger partial charge in [0.15, 0.2) is 0 Å².